The number of aliphatic hydroxyl groups is 2. The number of carbonyl (C=O) groups excluding carboxylic acids is 5. The van der Waals surface area contributed by atoms with Crippen molar-refractivity contribution >= 4 is 40.6 Å². The summed E-state index contributed by atoms with van der Waals surface area (Å²) in [5.41, 5.74) is 3.32. The summed E-state index contributed by atoms with van der Waals surface area (Å²) in [5, 5.41) is 30.7. The average Bonchev–Trinajstić information content (AvgIpc) is 3.21. The Bertz CT molecular complexity index is 2430. The number of aryl methyl sites for hydroxylation is 2. The number of carbonyl (C=O) groups is 5. The van der Waals surface area contributed by atoms with Crippen LogP contribution in [-0.4, -0.2) is 39.6 Å². The molecule has 0 saturated carbocycles. The summed E-state index contributed by atoms with van der Waals surface area (Å²) in [5.74, 6) is -1.67. The first-order chi connectivity index (χ1) is 27.0. The molecule has 8 nitrogen and oxygen atoms in total. The zero-order chi connectivity index (χ0) is 43.7. The Balaban J connectivity index is 0.000000246. The number of ketones is 4. The number of aldehydes is 1. The lowest BCUT2D eigenvalue weighted by atomic mass is 9.62. The van der Waals surface area contributed by atoms with Gasteiger partial charge in [0, 0.05) is 5.56 Å². The van der Waals surface area contributed by atoms with Gasteiger partial charge in [0.05, 0.1) is 44.4 Å². The molecule has 0 radical (unpaired) electrons. The number of hydrogen-bond donors (Lipinski definition) is 2. The van der Waals surface area contributed by atoms with Gasteiger partial charge < -0.3 is 10.2 Å². The Morgan fingerprint density at radius 1 is 0.517 bits per heavy atom. The first-order valence-electron chi connectivity index (χ1n) is 19.4. The van der Waals surface area contributed by atoms with Gasteiger partial charge in [0.25, 0.3) is 0 Å². The molecule has 0 aliphatic heterocycles. The molecule has 0 heterocycles. The predicted octanol–water partition coefficient (Wildman–Crippen LogP) is 11.0. The Morgan fingerprint density at radius 3 is 1.17 bits per heavy atom. The van der Waals surface area contributed by atoms with E-state index in [0.29, 0.717) is 22.3 Å². The van der Waals surface area contributed by atoms with E-state index in [2.05, 4.69) is 6.07 Å². The van der Waals surface area contributed by atoms with E-state index in [4.69, 9.17) is 5.26 Å². The molecule has 0 spiro atoms. The molecule has 0 aromatic heterocycles. The van der Waals surface area contributed by atoms with Crippen LogP contribution in [0.2, 0.25) is 0 Å². The lowest BCUT2D eigenvalue weighted by molar-refractivity contribution is -0.144. The minimum atomic E-state index is -1.21. The van der Waals surface area contributed by atoms with Gasteiger partial charge in [-0.25, -0.2) is 0 Å². The summed E-state index contributed by atoms with van der Waals surface area (Å²) < 4.78 is 0. The highest BCUT2D eigenvalue weighted by Gasteiger charge is 2.54. The molecule has 2 N–H and O–H groups in total. The van der Waals surface area contributed by atoms with Crippen LogP contribution in [0.25, 0.3) is 33.4 Å². The Labute approximate surface area is 342 Å². The molecule has 0 amide bonds. The summed E-state index contributed by atoms with van der Waals surface area (Å²) in [4.78, 5) is 62.7. The van der Waals surface area contributed by atoms with Gasteiger partial charge in [-0.15, -0.1) is 0 Å². The second-order valence-corrected chi connectivity index (χ2v) is 16.8. The number of nitrogens with zero attached hydrogens (tertiary/aromatic N) is 1. The maximum Gasteiger partial charge on any atom is 0.179 e. The lowest BCUT2D eigenvalue weighted by Crippen LogP contribution is -2.48. The predicted molar refractivity (Wildman–Crippen MR) is 229 cm³/mol. The second kappa shape index (κ2) is 16.3. The normalized spacial score (nSPS) is 17.7. The maximum atomic E-state index is 13.2. The van der Waals surface area contributed by atoms with Crippen LogP contribution in [0.5, 0.6) is 0 Å². The van der Waals surface area contributed by atoms with Crippen molar-refractivity contribution in [3.63, 3.8) is 0 Å². The molecule has 0 bridgehead atoms. The Hall–Kier alpha value is -6.20. The first-order valence-corrected chi connectivity index (χ1v) is 19.4. The van der Waals surface area contributed by atoms with Crippen molar-refractivity contribution in [1.82, 2.24) is 0 Å². The van der Waals surface area contributed by atoms with E-state index in [1.807, 2.05) is 88.4 Å². The molecule has 0 saturated heterocycles. The molecule has 300 valence electrons. The number of nitriles is 1. The van der Waals surface area contributed by atoms with Crippen molar-refractivity contribution in [3.05, 3.63) is 130 Å². The van der Waals surface area contributed by atoms with Crippen LogP contribution < -0.4 is 0 Å². The average molecular weight is 780 g/mol. The Kier molecular flexibility index (Phi) is 12.5. The summed E-state index contributed by atoms with van der Waals surface area (Å²) in [7, 11) is 0. The number of rotatable bonds is 5. The van der Waals surface area contributed by atoms with Crippen LogP contribution in [0.1, 0.15) is 107 Å². The summed E-state index contributed by atoms with van der Waals surface area (Å²) in [6.07, 6.45) is 0.787. The molecule has 0 atom stereocenters. The number of Topliss-reactive ketones (excluding diaryl/α,β-unsaturated/α-hetero) is 4. The van der Waals surface area contributed by atoms with E-state index < -0.39 is 21.7 Å². The van der Waals surface area contributed by atoms with Crippen LogP contribution in [0.3, 0.4) is 0 Å². The van der Waals surface area contributed by atoms with Gasteiger partial charge in [0.2, 0.25) is 0 Å². The topological polar surface area (TPSA) is 150 Å². The van der Waals surface area contributed by atoms with Crippen LogP contribution in [0.15, 0.2) is 96.4 Å². The summed E-state index contributed by atoms with van der Waals surface area (Å²) in [6.45, 7) is 20.8. The van der Waals surface area contributed by atoms with Crippen molar-refractivity contribution in [2.24, 2.45) is 21.7 Å². The Morgan fingerprint density at radius 2 is 0.845 bits per heavy atom. The van der Waals surface area contributed by atoms with Gasteiger partial charge in [-0.3, -0.25) is 24.0 Å². The van der Waals surface area contributed by atoms with Crippen molar-refractivity contribution < 1.29 is 34.2 Å². The number of allylic oxidation sites excluding steroid dienone is 4. The minimum absolute atomic E-state index is 0.179. The van der Waals surface area contributed by atoms with Gasteiger partial charge in [-0.05, 0) is 138 Å². The SMILES string of the molecule is CC.Cc1ccc(-c2ccc(C#N)cc2)cc1C1=C(O)C(C)(C)C(=O)C(C)(C)C1=O.Cc1ccc(-c2ccc(C=O)cc2)cc1C1=C(O)C(C)(C)C(=O)C(C)(C)C1=O. The van der Waals surface area contributed by atoms with E-state index in [1.165, 1.54) is 0 Å². The second-order valence-electron chi connectivity index (χ2n) is 16.8. The maximum absolute atomic E-state index is 13.2. The highest BCUT2D eigenvalue weighted by Crippen LogP contribution is 2.48. The highest BCUT2D eigenvalue weighted by molar-refractivity contribution is 6.34. The first kappa shape index (κ1) is 44.5. The molecule has 6 rings (SSSR count). The molecule has 4 aromatic carbocycles. The number of benzene rings is 4. The fraction of sp³-hybridized carbons (Fsp3) is 0.320. The van der Waals surface area contributed by atoms with Crippen LogP contribution in [-0.2, 0) is 19.2 Å². The summed E-state index contributed by atoms with van der Waals surface area (Å²) >= 11 is 0. The van der Waals surface area contributed by atoms with Crippen LogP contribution >= 0.6 is 0 Å². The van der Waals surface area contributed by atoms with Crippen molar-refractivity contribution in [2.45, 2.75) is 83.1 Å². The molecule has 2 aliphatic carbocycles. The zero-order valence-corrected chi connectivity index (χ0v) is 35.5. The monoisotopic (exact) mass is 779 g/mol. The van der Waals surface area contributed by atoms with Crippen molar-refractivity contribution in [2.75, 3.05) is 0 Å². The third-order valence-electron chi connectivity index (χ3n) is 11.3. The molecule has 2 aliphatic rings. The van der Waals surface area contributed by atoms with Gasteiger partial charge in [-0.2, -0.15) is 5.26 Å². The number of hydrogen-bond acceptors (Lipinski definition) is 8. The van der Waals surface area contributed by atoms with Crippen molar-refractivity contribution in [1.29, 1.82) is 5.26 Å². The van der Waals surface area contributed by atoms with E-state index in [-0.39, 0.29) is 45.8 Å². The summed E-state index contributed by atoms with van der Waals surface area (Å²) in [6, 6.07) is 27.8. The molecule has 58 heavy (non-hydrogen) atoms. The fourth-order valence-electron chi connectivity index (χ4n) is 7.58. The van der Waals surface area contributed by atoms with Crippen LogP contribution in [0.4, 0.5) is 0 Å². The van der Waals surface area contributed by atoms with E-state index in [0.717, 1.165) is 39.7 Å². The van der Waals surface area contributed by atoms with E-state index in [1.54, 1.807) is 79.7 Å². The van der Waals surface area contributed by atoms with E-state index in [9.17, 15) is 34.2 Å². The molecule has 8 heteroatoms. The lowest BCUT2D eigenvalue weighted by Gasteiger charge is -2.38. The van der Waals surface area contributed by atoms with Crippen molar-refractivity contribution in [3.8, 4) is 28.3 Å². The van der Waals surface area contributed by atoms with Crippen LogP contribution in [0, 0.1) is 46.8 Å². The molecule has 4 aromatic rings. The molecule has 0 fully saturated rings. The highest BCUT2D eigenvalue weighted by atomic mass is 16.3. The smallest absolute Gasteiger partial charge is 0.179 e. The largest absolute Gasteiger partial charge is 0.510 e. The van der Waals surface area contributed by atoms with Gasteiger partial charge in [-0.1, -0.05) is 74.5 Å². The minimum Gasteiger partial charge on any atom is -0.510 e. The molecule has 0 unspecified atom stereocenters. The molecular weight excluding hydrogens is 727 g/mol. The molecular formula is C50H53NO7. The zero-order valence-electron chi connectivity index (χ0n) is 35.5. The van der Waals surface area contributed by atoms with E-state index >= 15 is 0 Å². The van der Waals surface area contributed by atoms with Gasteiger partial charge in [0.15, 0.2) is 23.1 Å². The third-order valence-corrected chi connectivity index (χ3v) is 11.3. The quantitative estimate of drug-likeness (QED) is 0.150. The standard InChI is InChI=1S/C24H23NO3.C24H24O4.C2H6/c2*1-14-6-9-17(16-10-7-15(13-25)8-11-16)12-18(14)19-20(26)23(2,3)22(28)24(4,5)21(19)27;1-2/h6-12,26H,1-5H3;6-13,26H,1-5H3;1-2H3. The fourth-order valence-corrected chi connectivity index (χ4v) is 7.58. The van der Waals surface area contributed by atoms with Gasteiger partial charge >= 0.3 is 0 Å². The van der Waals surface area contributed by atoms with Gasteiger partial charge in [0.1, 0.15) is 17.8 Å². The number of aliphatic hydroxyl groups excluding tert-OH is 2. The third kappa shape index (κ3) is 7.74.